The zero-order valence-electron chi connectivity index (χ0n) is 17.0. The quantitative estimate of drug-likeness (QED) is 0.318. The molecule has 0 atom stereocenters. The molecule has 0 spiro atoms. The first-order chi connectivity index (χ1) is 14.8. The van der Waals surface area contributed by atoms with Crippen molar-refractivity contribution >= 4 is 35.6 Å². The number of fused-ring (bicyclic) bond motifs is 1. The number of benzene rings is 2. The van der Waals surface area contributed by atoms with Crippen molar-refractivity contribution in [1.82, 2.24) is 0 Å². The Bertz CT molecular complexity index is 948. The van der Waals surface area contributed by atoms with Gasteiger partial charge in [0.15, 0.2) is 17.5 Å². The Hall–Kier alpha value is -2.41. The second-order valence-electron chi connectivity index (χ2n) is 7.36. The highest BCUT2D eigenvalue weighted by Gasteiger charge is 2.35. The fourth-order valence-corrected chi connectivity index (χ4v) is 3.69. The highest BCUT2D eigenvalue weighted by atomic mass is 127. The summed E-state index contributed by atoms with van der Waals surface area (Å²) in [6, 6.07) is 11.2. The molecule has 0 amide bonds. The molecule has 4 rings (SSSR count). The molecule has 0 aromatic heterocycles. The second-order valence-corrected chi connectivity index (χ2v) is 7.36. The number of nitrogens with zero attached hydrogens (tertiary/aromatic N) is 1. The molecule has 2 aromatic rings. The fraction of sp³-hybridized carbons (Fsp3) is 0.381. The number of hydrogen-bond acceptors (Lipinski definition) is 5. The van der Waals surface area contributed by atoms with Gasteiger partial charge in [-0.1, -0.05) is 6.07 Å². The largest absolute Gasteiger partial charge is 0.573 e. The van der Waals surface area contributed by atoms with Crippen LogP contribution in [0, 0.1) is 0 Å². The first-order valence-corrected chi connectivity index (χ1v) is 9.74. The number of nitrogens with one attached hydrogen (secondary N) is 1. The lowest BCUT2D eigenvalue weighted by Crippen LogP contribution is -2.38. The van der Waals surface area contributed by atoms with E-state index in [-0.39, 0.29) is 47.9 Å². The van der Waals surface area contributed by atoms with Crippen molar-refractivity contribution < 1.29 is 32.1 Å². The van der Waals surface area contributed by atoms with Crippen molar-refractivity contribution in [1.29, 1.82) is 0 Å². The number of guanidine groups is 1. The van der Waals surface area contributed by atoms with Gasteiger partial charge in [0.05, 0.1) is 6.54 Å². The van der Waals surface area contributed by atoms with Gasteiger partial charge in [-0.3, -0.25) is 4.99 Å². The molecule has 2 aliphatic rings. The van der Waals surface area contributed by atoms with E-state index in [1.165, 1.54) is 24.3 Å². The minimum absolute atomic E-state index is 0. The lowest BCUT2D eigenvalue weighted by molar-refractivity contribution is -0.274. The van der Waals surface area contributed by atoms with Crippen LogP contribution >= 0.6 is 24.0 Å². The molecule has 2 heterocycles. The van der Waals surface area contributed by atoms with Gasteiger partial charge in [-0.05, 0) is 54.8 Å². The highest BCUT2D eigenvalue weighted by Crippen LogP contribution is 2.41. The summed E-state index contributed by atoms with van der Waals surface area (Å²) in [6.07, 6.45) is -3.19. The van der Waals surface area contributed by atoms with Crippen molar-refractivity contribution in [2.75, 3.05) is 31.9 Å². The van der Waals surface area contributed by atoms with E-state index >= 15 is 0 Å². The van der Waals surface area contributed by atoms with Crippen LogP contribution in [-0.4, -0.2) is 38.9 Å². The third kappa shape index (κ3) is 5.88. The van der Waals surface area contributed by atoms with Gasteiger partial charge in [0, 0.05) is 24.3 Å². The van der Waals surface area contributed by atoms with Crippen LogP contribution in [0.3, 0.4) is 0 Å². The molecule has 2 aliphatic heterocycles. The third-order valence-corrected chi connectivity index (χ3v) is 5.35. The van der Waals surface area contributed by atoms with Crippen LogP contribution in [0.2, 0.25) is 0 Å². The van der Waals surface area contributed by atoms with Crippen LogP contribution in [0.15, 0.2) is 47.5 Å². The Morgan fingerprint density at radius 1 is 1.06 bits per heavy atom. The summed E-state index contributed by atoms with van der Waals surface area (Å²) in [5, 5.41) is 2.90. The molecule has 0 saturated carbocycles. The Morgan fingerprint density at radius 3 is 2.44 bits per heavy atom. The predicted molar refractivity (Wildman–Crippen MR) is 123 cm³/mol. The standard InChI is InChI=1S/C21H22F3N3O4.HI/c22-21(23,24)31-16-4-2-15(3-5-16)27-19(25)26-12-20(7-9-28-10-8-20)14-1-6-17-18(11-14)30-13-29-17;/h1-6,11H,7-10,12-13H2,(H3,25,26,27);1H. The van der Waals surface area contributed by atoms with E-state index in [2.05, 4.69) is 15.0 Å². The van der Waals surface area contributed by atoms with Gasteiger partial charge < -0.3 is 30.0 Å². The van der Waals surface area contributed by atoms with Gasteiger partial charge in [0.1, 0.15) is 5.75 Å². The van der Waals surface area contributed by atoms with E-state index in [4.69, 9.17) is 19.9 Å². The normalized spacial score (nSPS) is 17.4. The monoisotopic (exact) mass is 565 g/mol. The van der Waals surface area contributed by atoms with Crippen molar-refractivity contribution in [3.05, 3.63) is 48.0 Å². The van der Waals surface area contributed by atoms with Crippen LogP contribution in [0.1, 0.15) is 18.4 Å². The highest BCUT2D eigenvalue weighted by molar-refractivity contribution is 14.0. The van der Waals surface area contributed by atoms with Crippen molar-refractivity contribution in [2.45, 2.75) is 24.6 Å². The molecule has 174 valence electrons. The Labute approximate surface area is 200 Å². The molecular formula is C21H23F3IN3O4. The summed E-state index contributed by atoms with van der Waals surface area (Å²) in [5.41, 5.74) is 7.35. The lowest BCUT2D eigenvalue weighted by Gasteiger charge is -2.36. The van der Waals surface area contributed by atoms with Crippen molar-refractivity contribution in [2.24, 2.45) is 10.7 Å². The molecule has 2 aromatic carbocycles. The SMILES string of the molecule is I.NC(=NCC1(c2ccc3c(c2)OCO3)CCOCC1)Nc1ccc(OC(F)(F)F)cc1. The zero-order valence-corrected chi connectivity index (χ0v) is 19.3. The maximum absolute atomic E-state index is 12.3. The van der Waals surface area contributed by atoms with E-state index in [1.807, 2.05) is 18.2 Å². The molecule has 1 fully saturated rings. The minimum atomic E-state index is -4.73. The van der Waals surface area contributed by atoms with E-state index in [9.17, 15) is 13.2 Å². The van der Waals surface area contributed by atoms with E-state index in [0.29, 0.717) is 36.9 Å². The predicted octanol–water partition coefficient (Wildman–Crippen LogP) is 4.41. The van der Waals surface area contributed by atoms with Crippen LogP contribution in [0.5, 0.6) is 17.2 Å². The first-order valence-electron chi connectivity index (χ1n) is 9.74. The maximum Gasteiger partial charge on any atom is 0.573 e. The average molecular weight is 565 g/mol. The van der Waals surface area contributed by atoms with Gasteiger partial charge in [-0.15, -0.1) is 37.1 Å². The molecule has 0 unspecified atom stereocenters. The van der Waals surface area contributed by atoms with Crippen molar-refractivity contribution in [3.63, 3.8) is 0 Å². The summed E-state index contributed by atoms with van der Waals surface area (Å²) in [4.78, 5) is 4.51. The van der Waals surface area contributed by atoms with Gasteiger partial charge in [-0.25, -0.2) is 0 Å². The molecule has 0 radical (unpaired) electrons. The molecule has 3 N–H and O–H groups in total. The van der Waals surface area contributed by atoms with Crippen LogP contribution in [0.4, 0.5) is 18.9 Å². The third-order valence-electron chi connectivity index (χ3n) is 5.35. The number of hydrogen-bond donors (Lipinski definition) is 2. The molecule has 11 heteroatoms. The molecule has 0 aliphatic carbocycles. The van der Waals surface area contributed by atoms with Crippen LogP contribution < -0.4 is 25.3 Å². The molecule has 1 saturated heterocycles. The molecular weight excluding hydrogens is 542 g/mol. The molecule has 7 nitrogen and oxygen atoms in total. The topological polar surface area (TPSA) is 87.3 Å². The van der Waals surface area contributed by atoms with Gasteiger partial charge in [0.25, 0.3) is 0 Å². The summed E-state index contributed by atoms with van der Waals surface area (Å²) in [6.45, 7) is 1.84. The zero-order chi connectivity index (χ0) is 21.9. The number of ether oxygens (including phenoxy) is 4. The summed E-state index contributed by atoms with van der Waals surface area (Å²) >= 11 is 0. The number of alkyl halides is 3. The summed E-state index contributed by atoms with van der Waals surface area (Å²) in [5.74, 6) is 1.28. The smallest absolute Gasteiger partial charge is 0.454 e. The minimum Gasteiger partial charge on any atom is -0.454 e. The fourth-order valence-electron chi connectivity index (χ4n) is 3.69. The average Bonchev–Trinajstić information content (AvgIpc) is 3.21. The first kappa shape index (κ1) is 24.2. The molecule has 32 heavy (non-hydrogen) atoms. The second kappa shape index (κ2) is 10.0. The summed E-state index contributed by atoms with van der Waals surface area (Å²) in [7, 11) is 0. The number of anilines is 1. The van der Waals surface area contributed by atoms with Gasteiger partial charge in [0.2, 0.25) is 6.79 Å². The van der Waals surface area contributed by atoms with E-state index < -0.39 is 6.36 Å². The summed E-state index contributed by atoms with van der Waals surface area (Å²) < 4.78 is 57.1. The lowest BCUT2D eigenvalue weighted by atomic mass is 9.74. The van der Waals surface area contributed by atoms with Crippen LogP contribution in [0.25, 0.3) is 0 Å². The Kier molecular flexibility index (Phi) is 7.59. The van der Waals surface area contributed by atoms with Crippen molar-refractivity contribution in [3.8, 4) is 17.2 Å². The Balaban J connectivity index is 0.00000289. The van der Waals surface area contributed by atoms with E-state index in [0.717, 1.165) is 18.4 Å². The maximum atomic E-state index is 12.3. The number of rotatable bonds is 5. The van der Waals surface area contributed by atoms with Crippen LogP contribution in [-0.2, 0) is 10.2 Å². The molecule has 0 bridgehead atoms. The van der Waals surface area contributed by atoms with Gasteiger partial charge >= 0.3 is 6.36 Å². The van der Waals surface area contributed by atoms with E-state index in [1.54, 1.807) is 0 Å². The Morgan fingerprint density at radius 2 is 1.75 bits per heavy atom. The number of nitrogens with two attached hydrogens (primary N) is 1. The van der Waals surface area contributed by atoms with Gasteiger partial charge in [-0.2, -0.15) is 0 Å². The number of aliphatic imine (C=N–C) groups is 1. The number of halogens is 4.